The molecule has 3 aromatic rings. The third-order valence-corrected chi connectivity index (χ3v) is 5.29. The molecular weight excluding hydrogens is 364 g/mol. The van der Waals surface area contributed by atoms with Crippen LogP contribution in [0.2, 0.25) is 0 Å². The quantitative estimate of drug-likeness (QED) is 0.529. The average molecular weight is 390 g/mol. The minimum atomic E-state index is 0.496. The van der Waals surface area contributed by atoms with Gasteiger partial charge in [0, 0.05) is 31.6 Å². The number of hydrogen-bond donors (Lipinski definition) is 1. The number of hydrogen-bond acceptors (Lipinski definition) is 4. The second kappa shape index (κ2) is 8.82. The topological polar surface area (TPSA) is 62.9 Å². The Morgan fingerprint density at radius 3 is 2.72 bits per heavy atom. The summed E-state index contributed by atoms with van der Waals surface area (Å²) in [4.78, 5) is 11.3. The third-order valence-electron chi connectivity index (χ3n) is 5.29. The predicted molar refractivity (Wildman–Crippen MR) is 114 cm³/mol. The summed E-state index contributed by atoms with van der Waals surface area (Å²) in [5.74, 6) is 2.92. The van der Waals surface area contributed by atoms with E-state index in [0.29, 0.717) is 18.4 Å². The van der Waals surface area contributed by atoms with Crippen LogP contribution >= 0.6 is 0 Å². The van der Waals surface area contributed by atoms with Gasteiger partial charge in [-0.3, -0.25) is 4.99 Å². The van der Waals surface area contributed by atoms with Crippen molar-refractivity contribution in [3.8, 4) is 17.2 Å². The number of aromatic nitrogens is 1. The molecule has 1 unspecified atom stereocenters. The molecule has 150 valence electrons. The lowest BCUT2D eigenvalue weighted by atomic mass is 9.98. The summed E-state index contributed by atoms with van der Waals surface area (Å²) in [6, 6.07) is 18.3. The van der Waals surface area contributed by atoms with E-state index in [1.54, 1.807) is 13.4 Å². The summed E-state index contributed by atoms with van der Waals surface area (Å²) < 4.78 is 10.9. The lowest BCUT2D eigenvalue weighted by Gasteiger charge is -2.21. The van der Waals surface area contributed by atoms with Gasteiger partial charge < -0.3 is 19.4 Å². The van der Waals surface area contributed by atoms with Crippen molar-refractivity contribution < 1.29 is 9.15 Å². The molecule has 4 rings (SSSR count). The molecule has 6 nitrogen and oxygen atoms in total. The molecule has 1 aromatic heterocycles. The summed E-state index contributed by atoms with van der Waals surface area (Å²) in [7, 11) is 3.51. The molecule has 0 aliphatic carbocycles. The first-order valence-electron chi connectivity index (χ1n) is 9.86. The van der Waals surface area contributed by atoms with Crippen molar-refractivity contribution in [2.75, 3.05) is 27.2 Å². The highest BCUT2D eigenvalue weighted by Crippen LogP contribution is 2.28. The summed E-state index contributed by atoms with van der Waals surface area (Å²) in [6.45, 7) is 2.50. The van der Waals surface area contributed by atoms with Crippen LogP contribution in [0, 0.1) is 0 Å². The first-order valence-corrected chi connectivity index (χ1v) is 9.86. The van der Waals surface area contributed by atoms with E-state index in [0.717, 1.165) is 42.5 Å². The van der Waals surface area contributed by atoms with Crippen LogP contribution < -0.4 is 10.1 Å². The minimum Gasteiger partial charge on any atom is -0.497 e. The van der Waals surface area contributed by atoms with Crippen LogP contribution in [-0.4, -0.2) is 43.1 Å². The summed E-state index contributed by atoms with van der Waals surface area (Å²) >= 11 is 0. The molecule has 0 spiro atoms. The molecule has 1 fully saturated rings. The molecule has 1 atom stereocenters. The minimum absolute atomic E-state index is 0.496. The lowest BCUT2D eigenvalue weighted by molar-refractivity contribution is 0.414. The molecule has 6 heteroatoms. The van der Waals surface area contributed by atoms with Crippen LogP contribution in [0.25, 0.3) is 11.5 Å². The lowest BCUT2D eigenvalue weighted by Crippen LogP contribution is -2.39. The number of nitrogens with one attached hydrogen (secondary N) is 1. The zero-order valence-electron chi connectivity index (χ0n) is 16.8. The van der Waals surface area contributed by atoms with Gasteiger partial charge in [0.15, 0.2) is 5.96 Å². The van der Waals surface area contributed by atoms with Gasteiger partial charge in [0.2, 0.25) is 5.89 Å². The van der Waals surface area contributed by atoms with E-state index in [-0.39, 0.29) is 0 Å². The Bertz CT molecular complexity index is 951. The third kappa shape index (κ3) is 4.42. The number of guanidine groups is 1. The van der Waals surface area contributed by atoms with Gasteiger partial charge in [0.05, 0.1) is 19.3 Å². The van der Waals surface area contributed by atoms with Crippen molar-refractivity contribution in [1.29, 1.82) is 0 Å². The SMILES string of the molecule is CN=C(NCc1coc(-c2ccccc2)n1)N1CCC(c2ccc(OC)cc2)C1. The fourth-order valence-electron chi connectivity index (χ4n) is 3.70. The van der Waals surface area contributed by atoms with Crippen LogP contribution in [-0.2, 0) is 6.54 Å². The van der Waals surface area contributed by atoms with Gasteiger partial charge >= 0.3 is 0 Å². The number of oxazole rings is 1. The number of rotatable bonds is 5. The fraction of sp³-hybridized carbons (Fsp3) is 0.304. The van der Waals surface area contributed by atoms with Crippen molar-refractivity contribution in [1.82, 2.24) is 15.2 Å². The largest absolute Gasteiger partial charge is 0.497 e. The zero-order valence-corrected chi connectivity index (χ0v) is 16.8. The average Bonchev–Trinajstić information content (AvgIpc) is 3.45. The molecule has 2 heterocycles. The van der Waals surface area contributed by atoms with Gasteiger partial charge in [-0.2, -0.15) is 0 Å². The van der Waals surface area contributed by atoms with E-state index in [1.165, 1.54) is 5.56 Å². The maximum absolute atomic E-state index is 5.62. The highest BCUT2D eigenvalue weighted by atomic mass is 16.5. The first-order chi connectivity index (χ1) is 14.3. The van der Waals surface area contributed by atoms with Crippen molar-refractivity contribution in [3.63, 3.8) is 0 Å². The molecule has 1 aliphatic rings. The van der Waals surface area contributed by atoms with Gasteiger partial charge in [-0.05, 0) is 36.2 Å². The molecule has 0 radical (unpaired) electrons. The molecule has 2 aromatic carbocycles. The Labute approximate surface area is 171 Å². The van der Waals surface area contributed by atoms with Crippen LogP contribution in [0.1, 0.15) is 23.6 Å². The van der Waals surface area contributed by atoms with Crippen LogP contribution in [0.3, 0.4) is 0 Å². The van der Waals surface area contributed by atoms with Crippen LogP contribution in [0.15, 0.2) is 70.3 Å². The van der Waals surface area contributed by atoms with Gasteiger partial charge in [-0.25, -0.2) is 4.98 Å². The molecule has 0 saturated carbocycles. The molecular formula is C23H26N4O2. The van der Waals surface area contributed by atoms with E-state index in [2.05, 4.69) is 32.3 Å². The van der Waals surface area contributed by atoms with E-state index < -0.39 is 0 Å². The number of aliphatic imine (C=N–C) groups is 1. The van der Waals surface area contributed by atoms with Crippen molar-refractivity contribution in [2.24, 2.45) is 4.99 Å². The van der Waals surface area contributed by atoms with Gasteiger partial charge in [-0.1, -0.05) is 30.3 Å². The summed E-state index contributed by atoms with van der Waals surface area (Å²) in [5, 5.41) is 3.42. The van der Waals surface area contributed by atoms with Crippen molar-refractivity contribution in [3.05, 3.63) is 72.1 Å². The Balaban J connectivity index is 1.34. The van der Waals surface area contributed by atoms with Gasteiger partial charge in [0.25, 0.3) is 0 Å². The van der Waals surface area contributed by atoms with Crippen LogP contribution in [0.4, 0.5) is 0 Å². The Morgan fingerprint density at radius 2 is 2.00 bits per heavy atom. The predicted octanol–water partition coefficient (Wildman–Crippen LogP) is 3.92. The van der Waals surface area contributed by atoms with Gasteiger partial charge in [-0.15, -0.1) is 0 Å². The molecule has 1 aliphatic heterocycles. The number of likely N-dealkylation sites (tertiary alicyclic amines) is 1. The standard InChI is InChI=1S/C23H26N4O2/c1-24-23(25-14-20-16-29-22(26-20)18-6-4-3-5-7-18)27-13-12-19(15-27)17-8-10-21(28-2)11-9-17/h3-11,16,19H,12-15H2,1-2H3,(H,24,25). The number of nitrogens with zero attached hydrogens (tertiary/aromatic N) is 3. The molecule has 29 heavy (non-hydrogen) atoms. The second-order valence-electron chi connectivity index (χ2n) is 7.12. The maximum Gasteiger partial charge on any atom is 0.226 e. The van der Waals surface area contributed by atoms with Crippen LogP contribution in [0.5, 0.6) is 5.75 Å². The maximum atomic E-state index is 5.62. The normalized spacial score (nSPS) is 16.8. The van der Waals surface area contributed by atoms with E-state index in [4.69, 9.17) is 9.15 Å². The van der Waals surface area contributed by atoms with Crippen molar-refractivity contribution >= 4 is 5.96 Å². The highest BCUT2D eigenvalue weighted by Gasteiger charge is 2.26. The Morgan fingerprint density at radius 1 is 1.21 bits per heavy atom. The molecule has 0 amide bonds. The second-order valence-corrected chi connectivity index (χ2v) is 7.12. The zero-order chi connectivity index (χ0) is 20.1. The van der Waals surface area contributed by atoms with E-state index in [9.17, 15) is 0 Å². The summed E-state index contributed by atoms with van der Waals surface area (Å²) in [6.07, 6.45) is 2.81. The van der Waals surface area contributed by atoms with E-state index in [1.807, 2.05) is 49.5 Å². The number of benzene rings is 2. The Kier molecular flexibility index (Phi) is 5.79. The molecule has 1 N–H and O–H groups in total. The smallest absolute Gasteiger partial charge is 0.226 e. The molecule has 0 bridgehead atoms. The van der Waals surface area contributed by atoms with Crippen molar-refractivity contribution in [2.45, 2.75) is 18.9 Å². The monoisotopic (exact) mass is 390 g/mol. The summed E-state index contributed by atoms with van der Waals surface area (Å²) in [5.41, 5.74) is 3.17. The van der Waals surface area contributed by atoms with E-state index >= 15 is 0 Å². The Hall–Kier alpha value is -3.28. The number of methoxy groups -OCH3 is 1. The molecule has 1 saturated heterocycles. The fourth-order valence-corrected chi connectivity index (χ4v) is 3.70. The number of ether oxygens (including phenoxy) is 1. The first kappa shape index (κ1) is 19.1. The van der Waals surface area contributed by atoms with Gasteiger partial charge in [0.1, 0.15) is 12.0 Å². The highest BCUT2D eigenvalue weighted by molar-refractivity contribution is 5.80.